The minimum absolute atomic E-state index is 0.550. The Labute approximate surface area is 236 Å². The molecule has 7 heteroatoms. The number of pyridine rings is 2. The smallest absolute Gasteiger partial charge is 0.116 e. The van der Waals surface area contributed by atoms with E-state index in [0.29, 0.717) is 5.92 Å². The lowest BCUT2D eigenvalue weighted by molar-refractivity contribution is 0.649. The van der Waals surface area contributed by atoms with E-state index in [4.69, 9.17) is 10.1 Å². The van der Waals surface area contributed by atoms with Crippen molar-refractivity contribution in [1.29, 1.82) is 0 Å². The number of rotatable bonds is 7. The summed E-state index contributed by atoms with van der Waals surface area (Å²) < 4.78 is 0. The molecule has 1 aromatic carbocycles. The SMILES string of the molecule is C=C(C)c1ccc(-c2nccc3[nH]c(-c4n[nH]c5ccc(-c6cncc(NC(=C)C7CCCC7)c6)cc45)cc23)s1. The number of anilines is 1. The largest absolute Gasteiger partial charge is 0.358 e. The van der Waals surface area contributed by atoms with Gasteiger partial charge in [0.25, 0.3) is 0 Å². The first-order valence-electron chi connectivity index (χ1n) is 13.7. The van der Waals surface area contributed by atoms with Crippen LogP contribution in [0.4, 0.5) is 5.69 Å². The van der Waals surface area contributed by atoms with Crippen LogP contribution in [0.1, 0.15) is 37.5 Å². The molecule has 0 unspecified atom stereocenters. The van der Waals surface area contributed by atoms with E-state index in [1.54, 1.807) is 11.3 Å². The van der Waals surface area contributed by atoms with Crippen LogP contribution in [-0.2, 0) is 0 Å². The number of hydrogen-bond donors (Lipinski definition) is 3. The summed E-state index contributed by atoms with van der Waals surface area (Å²) in [7, 11) is 0. The lowest BCUT2D eigenvalue weighted by Gasteiger charge is -2.16. The molecule has 0 bridgehead atoms. The molecule has 7 rings (SSSR count). The van der Waals surface area contributed by atoms with E-state index in [9.17, 15) is 0 Å². The molecule has 1 aliphatic rings. The summed E-state index contributed by atoms with van der Waals surface area (Å²) in [6.45, 7) is 10.4. The fourth-order valence-corrected chi connectivity index (χ4v) is 6.64. The molecule has 0 amide bonds. The molecule has 1 fully saturated rings. The lowest BCUT2D eigenvalue weighted by Crippen LogP contribution is -2.07. The molecule has 0 saturated heterocycles. The average Bonchev–Trinajstić information content (AvgIpc) is 3.78. The third-order valence-corrected chi connectivity index (χ3v) is 9.10. The maximum Gasteiger partial charge on any atom is 0.116 e. The van der Waals surface area contributed by atoms with Gasteiger partial charge in [0.05, 0.1) is 33.7 Å². The third-order valence-electron chi connectivity index (χ3n) is 7.85. The van der Waals surface area contributed by atoms with E-state index < -0.39 is 0 Å². The minimum Gasteiger partial charge on any atom is -0.358 e. The molecule has 198 valence electrons. The number of hydrogen-bond acceptors (Lipinski definition) is 5. The van der Waals surface area contributed by atoms with Gasteiger partial charge in [0, 0.05) is 44.8 Å². The van der Waals surface area contributed by atoms with Gasteiger partial charge in [-0.25, -0.2) is 0 Å². The number of aromatic nitrogens is 5. The Bertz CT molecular complexity index is 1900. The summed E-state index contributed by atoms with van der Waals surface area (Å²) in [4.78, 5) is 15.1. The Morgan fingerprint density at radius 2 is 1.77 bits per heavy atom. The first-order valence-corrected chi connectivity index (χ1v) is 14.5. The van der Waals surface area contributed by atoms with Gasteiger partial charge in [0.1, 0.15) is 5.69 Å². The number of benzene rings is 1. The molecule has 40 heavy (non-hydrogen) atoms. The van der Waals surface area contributed by atoms with E-state index in [-0.39, 0.29) is 0 Å². The standard InChI is InChI=1S/C33H30N6S/c1-19(2)30-10-11-31(40-30)33-26-16-29(37-27(26)12-13-35-33)32-25-15-22(8-9-28(25)38-39-32)23-14-24(18-34-17-23)36-20(3)21-6-4-5-7-21/h8-18,21,36-37H,1,3-7H2,2H3,(H,38,39). The molecule has 1 saturated carbocycles. The van der Waals surface area contributed by atoms with Crippen LogP contribution in [0.3, 0.4) is 0 Å². The second-order valence-electron chi connectivity index (χ2n) is 10.7. The van der Waals surface area contributed by atoms with Crippen molar-refractivity contribution in [3.8, 4) is 33.1 Å². The van der Waals surface area contributed by atoms with Gasteiger partial charge in [0.2, 0.25) is 0 Å². The van der Waals surface area contributed by atoms with E-state index in [0.717, 1.165) is 71.8 Å². The zero-order valence-corrected chi connectivity index (χ0v) is 23.2. The van der Waals surface area contributed by atoms with Crippen LogP contribution in [0.2, 0.25) is 0 Å². The average molecular weight is 543 g/mol. The first-order chi connectivity index (χ1) is 19.5. The van der Waals surface area contributed by atoms with Crippen LogP contribution in [0.25, 0.3) is 60.5 Å². The highest BCUT2D eigenvalue weighted by atomic mass is 32.1. The zero-order valence-electron chi connectivity index (χ0n) is 22.4. The number of aromatic amines is 2. The Hall–Kier alpha value is -4.49. The molecular weight excluding hydrogens is 512 g/mol. The van der Waals surface area contributed by atoms with Gasteiger partial charge in [0.15, 0.2) is 0 Å². The number of thiophene rings is 1. The lowest BCUT2D eigenvalue weighted by atomic mass is 10.0. The van der Waals surface area contributed by atoms with Gasteiger partial charge in [-0.2, -0.15) is 5.10 Å². The van der Waals surface area contributed by atoms with Gasteiger partial charge in [-0.1, -0.05) is 32.1 Å². The van der Waals surface area contributed by atoms with Crippen molar-refractivity contribution in [2.45, 2.75) is 32.6 Å². The van der Waals surface area contributed by atoms with Crippen LogP contribution >= 0.6 is 11.3 Å². The number of H-pyrrole nitrogens is 2. The van der Waals surface area contributed by atoms with Crippen molar-refractivity contribution in [3.63, 3.8) is 0 Å². The minimum atomic E-state index is 0.550. The highest BCUT2D eigenvalue weighted by Gasteiger charge is 2.19. The number of nitrogens with one attached hydrogen (secondary N) is 3. The molecule has 0 atom stereocenters. The molecule has 6 aromatic rings. The van der Waals surface area contributed by atoms with E-state index >= 15 is 0 Å². The topological polar surface area (TPSA) is 82.3 Å². The number of nitrogens with zero attached hydrogens (tertiary/aromatic N) is 3. The van der Waals surface area contributed by atoms with E-state index in [1.807, 2.05) is 31.6 Å². The van der Waals surface area contributed by atoms with Crippen LogP contribution in [-0.4, -0.2) is 25.1 Å². The van der Waals surface area contributed by atoms with Gasteiger partial charge in [-0.3, -0.25) is 15.1 Å². The summed E-state index contributed by atoms with van der Waals surface area (Å²) in [6.07, 6.45) is 10.6. The normalized spacial score (nSPS) is 13.8. The predicted octanol–water partition coefficient (Wildman–Crippen LogP) is 9.05. The Kier molecular flexibility index (Phi) is 6.09. The summed E-state index contributed by atoms with van der Waals surface area (Å²) in [5.74, 6) is 0.550. The molecule has 5 aromatic heterocycles. The van der Waals surface area contributed by atoms with Crippen LogP contribution in [0.5, 0.6) is 0 Å². The predicted molar refractivity (Wildman–Crippen MR) is 167 cm³/mol. The van der Waals surface area contributed by atoms with Crippen molar-refractivity contribution in [2.24, 2.45) is 5.92 Å². The molecular formula is C33H30N6S. The maximum atomic E-state index is 4.73. The van der Waals surface area contributed by atoms with E-state index in [1.165, 1.54) is 30.6 Å². The van der Waals surface area contributed by atoms with Crippen LogP contribution in [0.15, 0.2) is 86.0 Å². The van der Waals surface area contributed by atoms with Crippen LogP contribution in [0, 0.1) is 5.92 Å². The van der Waals surface area contributed by atoms with Crippen molar-refractivity contribution >= 4 is 44.4 Å². The molecule has 6 nitrogen and oxygen atoms in total. The number of fused-ring (bicyclic) bond motifs is 2. The molecule has 0 spiro atoms. The molecule has 0 radical (unpaired) electrons. The van der Waals surface area contributed by atoms with Crippen molar-refractivity contribution < 1.29 is 0 Å². The molecule has 5 heterocycles. The fourth-order valence-electron chi connectivity index (χ4n) is 5.70. The van der Waals surface area contributed by atoms with Gasteiger partial charge in [-0.15, -0.1) is 11.3 Å². The quantitative estimate of drug-likeness (QED) is 0.188. The van der Waals surface area contributed by atoms with E-state index in [2.05, 4.69) is 76.0 Å². The summed E-state index contributed by atoms with van der Waals surface area (Å²) in [5, 5.41) is 13.5. The Morgan fingerprint density at radius 3 is 2.60 bits per heavy atom. The van der Waals surface area contributed by atoms with Gasteiger partial charge in [-0.05, 0) is 79.3 Å². The van der Waals surface area contributed by atoms with Crippen molar-refractivity contribution in [1.82, 2.24) is 25.1 Å². The highest BCUT2D eigenvalue weighted by Crippen LogP contribution is 2.38. The third kappa shape index (κ3) is 4.42. The Morgan fingerprint density at radius 1 is 0.925 bits per heavy atom. The molecule has 3 N–H and O–H groups in total. The second-order valence-corrected chi connectivity index (χ2v) is 11.8. The monoisotopic (exact) mass is 542 g/mol. The van der Waals surface area contributed by atoms with Gasteiger partial charge >= 0.3 is 0 Å². The molecule has 0 aliphatic heterocycles. The molecule has 1 aliphatic carbocycles. The fraction of sp³-hybridized carbons (Fsp3) is 0.182. The highest BCUT2D eigenvalue weighted by molar-refractivity contribution is 7.16. The Balaban J connectivity index is 1.24. The number of allylic oxidation sites excluding steroid dienone is 2. The van der Waals surface area contributed by atoms with Crippen LogP contribution < -0.4 is 5.32 Å². The summed E-state index contributed by atoms with van der Waals surface area (Å²) in [5.41, 5.74) is 10.1. The summed E-state index contributed by atoms with van der Waals surface area (Å²) in [6, 6.07) is 16.9. The summed E-state index contributed by atoms with van der Waals surface area (Å²) >= 11 is 1.72. The second kappa shape index (κ2) is 9.92. The van der Waals surface area contributed by atoms with Gasteiger partial charge < -0.3 is 10.3 Å². The van der Waals surface area contributed by atoms with Crippen molar-refractivity contribution in [3.05, 3.63) is 90.9 Å². The van der Waals surface area contributed by atoms with Crippen molar-refractivity contribution in [2.75, 3.05) is 5.32 Å². The maximum absolute atomic E-state index is 4.73. The zero-order chi connectivity index (χ0) is 27.2. The first kappa shape index (κ1) is 24.5.